The summed E-state index contributed by atoms with van der Waals surface area (Å²) in [6, 6.07) is 14.1. The quantitative estimate of drug-likeness (QED) is 0.869. The summed E-state index contributed by atoms with van der Waals surface area (Å²) in [7, 11) is 0. The van der Waals surface area contributed by atoms with Gasteiger partial charge in [-0.05, 0) is 48.6 Å². The Kier molecular flexibility index (Phi) is 3.34. The van der Waals surface area contributed by atoms with Crippen LogP contribution < -0.4 is 5.32 Å². The topological polar surface area (TPSA) is 12.0 Å². The average Bonchev–Trinajstić information content (AvgIpc) is 3.22. The van der Waals surface area contributed by atoms with E-state index in [1.165, 1.54) is 24.5 Å². The molecular formula is C17H18FN. The monoisotopic (exact) mass is 255 g/mol. The lowest BCUT2D eigenvalue weighted by Crippen LogP contribution is -2.16. The summed E-state index contributed by atoms with van der Waals surface area (Å²) < 4.78 is 13.4. The molecule has 1 saturated carbocycles. The van der Waals surface area contributed by atoms with Crippen LogP contribution in [0.25, 0.3) is 11.1 Å². The summed E-state index contributed by atoms with van der Waals surface area (Å²) in [6.45, 7) is 2.82. The van der Waals surface area contributed by atoms with Gasteiger partial charge in [0.1, 0.15) is 5.82 Å². The van der Waals surface area contributed by atoms with Gasteiger partial charge in [-0.1, -0.05) is 35.9 Å². The highest BCUT2D eigenvalue weighted by Crippen LogP contribution is 2.26. The van der Waals surface area contributed by atoms with Crippen molar-refractivity contribution in [2.45, 2.75) is 32.4 Å². The lowest BCUT2D eigenvalue weighted by Gasteiger charge is -2.11. The Morgan fingerprint density at radius 2 is 1.84 bits per heavy atom. The van der Waals surface area contributed by atoms with Gasteiger partial charge >= 0.3 is 0 Å². The molecule has 2 aromatic rings. The van der Waals surface area contributed by atoms with Gasteiger partial charge in [-0.3, -0.25) is 0 Å². The molecule has 3 rings (SSSR count). The van der Waals surface area contributed by atoms with Gasteiger partial charge < -0.3 is 5.32 Å². The van der Waals surface area contributed by atoms with E-state index in [1.807, 2.05) is 6.07 Å². The maximum Gasteiger partial charge on any atom is 0.123 e. The Labute approximate surface area is 113 Å². The molecule has 1 N–H and O–H groups in total. The van der Waals surface area contributed by atoms with E-state index in [1.54, 1.807) is 6.07 Å². The molecule has 1 nitrogen and oxygen atoms in total. The van der Waals surface area contributed by atoms with E-state index in [9.17, 15) is 4.39 Å². The van der Waals surface area contributed by atoms with Crippen LogP contribution >= 0.6 is 0 Å². The van der Waals surface area contributed by atoms with Gasteiger partial charge in [0.2, 0.25) is 0 Å². The fraction of sp³-hybridized carbons (Fsp3) is 0.294. The number of hydrogen-bond acceptors (Lipinski definition) is 1. The van der Waals surface area contributed by atoms with Crippen LogP contribution in [0.1, 0.15) is 24.0 Å². The van der Waals surface area contributed by atoms with Gasteiger partial charge in [0.05, 0.1) is 0 Å². The van der Waals surface area contributed by atoms with Gasteiger partial charge in [0.25, 0.3) is 0 Å². The van der Waals surface area contributed by atoms with E-state index < -0.39 is 0 Å². The van der Waals surface area contributed by atoms with Crippen LogP contribution in [0.3, 0.4) is 0 Å². The molecule has 0 saturated heterocycles. The van der Waals surface area contributed by atoms with Crippen molar-refractivity contribution in [3.05, 3.63) is 59.4 Å². The molecule has 2 aromatic carbocycles. The number of benzene rings is 2. The normalized spacial score (nSPS) is 14.6. The molecule has 0 bridgehead atoms. The fourth-order valence-corrected chi connectivity index (χ4v) is 2.27. The molecule has 0 heterocycles. The van der Waals surface area contributed by atoms with Crippen LogP contribution in [-0.4, -0.2) is 6.04 Å². The second kappa shape index (κ2) is 5.14. The van der Waals surface area contributed by atoms with Gasteiger partial charge in [0.15, 0.2) is 0 Å². The maximum atomic E-state index is 13.4. The third-order valence-corrected chi connectivity index (χ3v) is 3.59. The third kappa shape index (κ3) is 3.02. The summed E-state index contributed by atoms with van der Waals surface area (Å²) >= 11 is 0. The molecule has 2 heteroatoms. The Hall–Kier alpha value is -1.67. The molecule has 0 atom stereocenters. The molecule has 1 aliphatic carbocycles. The second-order valence-electron chi connectivity index (χ2n) is 5.32. The van der Waals surface area contributed by atoms with Gasteiger partial charge in [0, 0.05) is 12.6 Å². The minimum absolute atomic E-state index is 0.163. The van der Waals surface area contributed by atoms with E-state index in [2.05, 4.69) is 36.5 Å². The zero-order valence-electron chi connectivity index (χ0n) is 11.1. The number of aryl methyl sites for hydroxylation is 1. The Bertz CT molecular complexity index is 570. The van der Waals surface area contributed by atoms with Crippen LogP contribution in [0.4, 0.5) is 4.39 Å². The fourth-order valence-electron chi connectivity index (χ4n) is 2.27. The molecule has 0 aliphatic heterocycles. The van der Waals surface area contributed by atoms with Crippen LogP contribution in [0.15, 0.2) is 42.5 Å². The van der Waals surface area contributed by atoms with Crippen molar-refractivity contribution >= 4 is 0 Å². The maximum absolute atomic E-state index is 13.4. The summed E-state index contributed by atoms with van der Waals surface area (Å²) in [5.41, 5.74) is 4.55. The van der Waals surface area contributed by atoms with Crippen LogP contribution in [-0.2, 0) is 6.54 Å². The molecule has 19 heavy (non-hydrogen) atoms. The van der Waals surface area contributed by atoms with Crippen molar-refractivity contribution in [1.82, 2.24) is 5.32 Å². The van der Waals surface area contributed by atoms with Crippen molar-refractivity contribution in [2.24, 2.45) is 0 Å². The Balaban J connectivity index is 1.91. The van der Waals surface area contributed by atoms with Gasteiger partial charge in [-0.15, -0.1) is 0 Å². The number of nitrogens with one attached hydrogen (secondary N) is 1. The smallest absolute Gasteiger partial charge is 0.123 e. The molecule has 1 fully saturated rings. The molecule has 0 unspecified atom stereocenters. The second-order valence-corrected chi connectivity index (χ2v) is 5.32. The van der Waals surface area contributed by atoms with E-state index >= 15 is 0 Å². The van der Waals surface area contributed by atoms with E-state index in [4.69, 9.17) is 0 Å². The highest BCUT2D eigenvalue weighted by Gasteiger charge is 2.20. The predicted octanol–water partition coefficient (Wildman–Crippen LogP) is 4.05. The molecule has 0 amide bonds. The van der Waals surface area contributed by atoms with Gasteiger partial charge in [-0.2, -0.15) is 0 Å². The van der Waals surface area contributed by atoms with Crippen LogP contribution in [0.5, 0.6) is 0 Å². The largest absolute Gasteiger partial charge is 0.310 e. The van der Waals surface area contributed by atoms with E-state index in [0.29, 0.717) is 6.04 Å². The Morgan fingerprint density at radius 3 is 2.53 bits per heavy atom. The first kappa shape index (κ1) is 12.4. The molecule has 0 radical (unpaired) electrons. The molecule has 98 valence electrons. The van der Waals surface area contributed by atoms with Crippen molar-refractivity contribution < 1.29 is 4.39 Å². The zero-order valence-corrected chi connectivity index (χ0v) is 11.1. The lowest BCUT2D eigenvalue weighted by atomic mass is 9.98. The van der Waals surface area contributed by atoms with Crippen molar-refractivity contribution in [3.8, 4) is 11.1 Å². The molecule has 0 aromatic heterocycles. The minimum atomic E-state index is -0.163. The summed E-state index contributed by atoms with van der Waals surface area (Å²) in [5, 5.41) is 3.45. The summed E-state index contributed by atoms with van der Waals surface area (Å²) in [5.74, 6) is -0.163. The highest BCUT2D eigenvalue weighted by atomic mass is 19.1. The number of halogens is 1. The van der Waals surface area contributed by atoms with Crippen LogP contribution in [0, 0.1) is 12.7 Å². The average molecular weight is 255 g/mol. The zero-order chi connectivity index (χ0) is 13.2. The summed E-state index contributed by atoms with van der Waals surface area (Å²) in [6.07, 6.45) is 2.49. The standard InChI is InChI=1S/C17H18FN/c1-12-2-4-13(5-3-12)17-9-6-15(18)10-14(17)11-19-16-7-8-16/h2-6,9-10,16,19H,7-8,11H2,1H3. The van der Waals surface area contributed by atoms with Crippen LogP contribution in [0.2, 0.25) is 0 Å². The first-order valence-corrected chi connectivity index (χ1v) is 6.81. The SMILES string of the molecule is Cc1ccc(-c2ccc(F)cc2CNC2CC2)cc1. The van der Waals surface area contributed by atoms with Crippen molar-refractivity contribution in [1.29, 1.82) is 0 Å². The third-order valence-electron chi connectivity index (χ3n) is 3.59. The lowest BCUT2D eigenvalue weighted by molar-refractivity contribution is 0.620. The molecule has 0 spiro atoms. The summed E-state index contributed by atoms with van der Waals surface area (Å²) in [4.78, 5) is 0. The highest BCUT2D eigenvalue weighted by molar-refractivity contribution is 5.67. The number of rotatable bonds is 4. The van der Waals surface area contributed by atoms with Gasteiger partial charge in [-0.25, -0.2) is 4.39 Å². The first-order valence-electron chi connectivity index (χ1n) is 6.81. The number of hydrogen-bond donors (Lipinski definition) is 1. The van der Waals surface area contributed by atoms with Crippen molar-refractivity contribution in [2.75, 3.05) is 0 Å². The van der Waals surface area contributed by atoms with Crippen molar-refractivity contribution in [3.63, 3.8) is 0 Å². The van der Waals surface area contributed by atoms with E-state index in [-0.39, 0.29) is 5.82 Å². The molecular weight excluding hydrogens is 237 g/mol. The Morgan fingerprint density at radius 1 is 1.11 bits per heavy atom. The minimum Gasteiger partial charge on any atom is -0.310 e. The van der Waals surface area contributed by atoms with E-state index in [0.717, 1.165) is 23.2 Å². The molecule has 1 aliphatic rings. The first-order chi connectivity index (χ1) is 9.22. The predicted molar refractivity (Wildman–Crippen MR) is 76.4 cm³/mol.